The Labute approximate surface area is 191 Å². The van der Waals surface area contributed by atoms with E-state index in [1.165, 1.54) is 9.10 Å². The summed E-state index contributed by atoms with van der Waals surface area (Å²) in [7, 11) is -2.27. The Morgan fingerprint density at radius 2 is 1.75 bits per heavy atom. The molecular weight excluding hydrogens is 462 g/mol. The Hall–Kier alpha value is -2.32. The first-order valence-electron chi connectivity index (χ1n) is 9.99. The van der Waals surface area contributed by atoms with Crippen molar-refractivity contribution in [2.75, 3.05) is 44.3 Å². The third kappa shape index (κ3) is 4.30. The van der Waals surface area contributed by atoms with Crippen LogP contribution in [0.15, 0.2) is 24.3 Å². The molecule has 2 aromatic rings. The lowest BCUT2D eigenvalue weighted by molar-refractivity contribution is -0.134. The van der Waals surface area contributed by atoms with Gasteiger partial charge in [0.15, 0.2) is 4.75 Å². The van der Waals surface area contributed by atoms with Gasteiger partial charge in [-0.2, -0.15) is 9.10 Å². The first-order valence-corrected chi connectivity index (χ1v) is 11.4. The summed E-state index contributed by atoms with van der Waals surface area (Å²) in [5.41, 5.74) is 3.35. The van der Waals surface area contributed by atoms with E-state index in [-0.39, 0.29) is 51.6 Å². The van der Waals surface area contributed by atoms with Gasteiger partial charge in [-0.25, -0.2) is 13.9 Å². The molecule has 0 atom stereocenters. The van der Waals surface area contributed by atoms with Crippen LogP contribution in [0.5, 0.6) is 0 Å². The number of rotatable bonds is 5. The summed E-state index contributed by atoms with van der Waals surface area (Å²) in [4.78, 5) is 15.8. The van der Waals surface area contributed by atoms with E-state index in [4.69, 9.17) is 9.94 Å². The summed E-state index contributed by atoms with van der Waals surface area (Å²) in [6.07, 6.45) is 0.0274. The zero-order valence-corrected chi connectivity index (χ0v) is 19.2. The molecule has 0 saturated carbocycles. The van der Waals surface area contributed by atoms with Crippen molar-refractivity contribution in [1.82, 2.24) is 30.0 Å². The molecule has 1 aromatic heterocycles. The Kier molecular flexibility index (Phi) is 7.35. The molecule has 2 saturated heterocycles. The number of hydrogen-bond donors (Lipinski definition) is 2. The number of anilines is 1. The number of benzene rings is 1. The Bertz CT molecular complexity index is 1030. The number of carbonyl (C=O) groups is 1. The van der Waals surface area contributed by atoms with E-state index in [2.05, 4.69) is 20.3 Å². The number of halogens is 1. The fraction of sp³-hybridized carbons (Fsp3) is 0.556. The Morgan fingerprint density at radius 1 is 1.12 bits per heavy atom. The molecule has 2 N–H and O–H groups in total. The minimum Gasteiger partial charge on any atom is -0.381 e. The quantitative estimate of drug-likeness (QED) is 0.433. The van der Waals surface area contributed by atoms with Crippen molar-refractivity contribution in [3.05, 3.63) is 24.3 Å². The van der Waals surface area contributed by atoms with E-state index in [1.807, 2.05) is 24.3 Å². The lowest BCUT2D eigenvalue weighted by Gasteiger charge is -2.42. The normalized spacial score (nSPS) is 19.2. The molecule has 0 radical (unpaired) electrons. The van der Waals surface area contributed by atoms with Crippen LogP contribution in [0.25, 0.3) is 11.4 Å². The van der Waals surface area contributed by atoms with Crippen LogP contribution >= 0.6 is 12.4 Å². The van der Waals surface area contributed by atoms with E-state index in [0.29, 0.717) is 18.9 Å². The van der Waals surface area contributed by atoms with Crippen LogP contribution in [0.2, 0.25) is 0 Å². The lowest BCUT2D eigenvalue weighted by atomic mass is 9.98. The van der Waals surface area contributed by atoms with Crippen molar-refractivity contribution in [2.45, 2.75) is 17.6 Å². The van der Waals surface area contributed by atoms with E-state index in [9.17, 15) is 13.2 Å². The van der Waals surface area contributed by atoms with Gasteiger partial charge in [0.25, 0.3) is 5.91 Å². The average molecular weight is 488 g/mol. The number of tetrazole rings is 1. The van der Waals surface area contributed by atoms with Gasteiger partial charge in [-0.15, -0.1) is 22.6 Å². The molecule has 2 aliphatic heterocycles. The van der Waals surface area contributed by atoms with Gasteiger partial charge in [0, 0.05) is 63.5 Å². The SMILES string of the molecule is Cl.Cn1nnc(-c2ccc(N3CCN(S(=O)(=O)C4(C(=O)NO)CCOCC4)CC3)cc2)n1. The van der Waals surface area contributed by atoms with Crippen molar-refractivity contribution in [2.24, 2.45) is 7.05 Å². The van der Waals surface area contributed by atoms with Crippen molar-refractivity contribution in [3.8, 4) is 11.4 Å². The van der Waals surface area contributed by atoms with Gasteiger partial charge < -0.3 is 9.64 Å². The summed E-state index contributed by atoms with van der Waals surface area (Å²) < 4.78 is 31.6. The van der Waals surface area contributed by atoms with Crippen LogP contribution in [0.4, 0.5) is 5.69 Å². The zero-order chi connectivity index (χ0) is 22.1. The molecule has 0 spiro atoms. The largest absolute Gasteiger partial charge is 0.381 e. The molecule has 0 unspecified atom stereocenters. The van der Waals surface area contributed by atoms with Gasteiger partial charge in [0.05, 0.1) is 7.05 Å². The summed E-state index contributed by atoms with van der Waals surface area (Å²) in [5.74, 6) is -0.361. The molecule has 12 nitrogen and oxygen atoms in total. The van der Waals surface area contributed by atoms with E-state index in [1.54, 1.807) is 12.5 Å². The lowest BCUT2D eigenvalue weighted by Crippen LogP contribution is -2.62. The molecule has 176 valence electrons. The first kappa shape index (κ1) is 24.3. The number of aromatic nitrogens is 4. The smallest absolute Gasteiger partial charge is 0.266 e. The summed E-state index contributed by atoms with van der Waals surface area (Å²) in [6, 6.07) is 7.68. The molecule has 1 aromatic carbocycles. The van der Waals surface area contributed by atoms with Gasteiger partial charge in [0.1, 0.15) is 0 Å². The molecule has 0 bridgehead atoms. The number of nitrogens with one attached hydrogen (secondary N) is 1. The standard InChI is InChI=1S/C18H25N7O5S.ClH/c1-23-20-16(19-22-23)14-2-4-15(5-3-14)24-8-10-25(11-9-24)31(28,29)18(17(26)21-27)6-12-30-13-7-18;/h2-5,27H,6-13H2,1H3,(H,21,26);1H. The van der Waals surface area contributed by atoms with Crippen molar-refractivity contribution >= 4 is 34.0 Å². The number of carbonyl (C=O) groups excluding carboxylic acids is 1. The molecule has 4 rings (SSSR count). The third-order valence-corrected chi connectivity index (χ3v) is 8.51. The second kappa shape index (κ2) is 9.67. The summed E-state index contributed by atoms with van der Waals surface area (Å²) in [5, 5.41) is 21.2. The van der Waals surface area contributed by atoms with Crippen molar-refractivity contribution in [3.63, 3.8) is 0 Å². The van der Waals surface area contributed by atoms with E-state index >= 15 is 0 Å². The fourth-order valence-corrected chi connectivity index (χ4v) is 6.16. The van der Waals surface area contributed by atoms with Gasteiger partial charge in [-0.1, -0.05) is 0 Å². The van der Waals surface area contributed by atoms with Gasteiger partial charge >= 0.3 is 0 Å². The van der Waals surface area contributed by atoms with Crippen LogP contribution in [0.3, 0.4) is 0 Å². The number of nitrogens with zero attached hydrogens (tertiary/aromatic N) is 6. The van der Waals surface area contributed by atoms with Gasteiger partial charge in [-0.05, 0) is 29.5 Å². The second-order valence-corrected chi connectivity index (χ2v) is 9.84. The molecule has 0 aliphatic carbocycles. The number of sulfonamides is 1. The summed E-state index contributed by atoms with van der Waals surface area (Å²) in [6.45, 7) is 1.76. The van der Waals surface area contributed by atoms with Crippen molar-refractivity contribution in [1.29, 1.82) is 0 Å². The van der Waals surface area contributed by atoms with Gasteiger partial charge in [-0.3, -0.25) is 10.0 Å². The molecule has 2 aliphatic rings. The van der Waals surface area contributed by atoms with Crippen LogP contribution in [0, 0.1) is 0 Å². The maximum atomic E-state index is 13.4. The highest BCUT2D eigenvalue weighted by molar-refractivity contribution is 7.91. The number of piperazine rings is 1. The number of hydrogen-bond acceptors (Lipinski definition) is 9. The van der Waals surface area contributed by atoms with E-state index < -0.39 is 20.7 Å². The highest BCUT2D eigenvalue weighted by atomic mass is 35.5. The maximum absolute atomic E-state index is 13.4. The molecular formula is C18H26ClN7O5S. The predicted octanol–water partition coefficient (Wildman–Crippen LogP) is -0.195. The summed E-state index contributed by atoms with van der Waals surface area (Å²) >= 11 is 0. The third-order valence-electron chi connectivity index (χ3n) is 5.89. The number of hydroxylamine groups is 1. The zero-order valence-electron chi connectivity index (χ0n) is 17.5. The number of amides is 1. The molecule has 2 fully saturated rings. The van der Waals surface area contributed by atoms with Crippen molar-refractivity contribution < 1.29 is 23.2 Å². The molecule has 32 heavy (non-hydrogen) atoms. The maximum Gasteiger partial charge on any atom is 0.266 e. The Morgan fingerprint density at radius 3 is 2.28 bits per heavy atom. The number of ether oxygens (including phenoxy) is 1. The molecule has 14 heteroatoms. The van der Waals surface area contributed by atoms with E-state index in [0.717, 1.165) is 11.3 Å². The average Bonchev–Trinajstić information content (AvgIpc) is 3.25. The van der Waals surface area contributed by atoms with Crippen LogP contribution in [-0.4, -0.2) is 88.2 Å². The highest BCUT2D eigenvalue weighted by Gasteiger charge is 2.54. The van der Waals surface area contributed by atoms with Gasteiger partial charge in [0.2, 0.25) is 15.8 Å². The van der Waals surface area contributed by atoms with Crippen LogP contribution in [-0.2, 0) is 26.6 Å². The minimum absolute atomic E-state index is 0. The highest BCUT2D eigenvalue weighted by Crippen LogP contribution is 2.34. The Balaban J connectivity index is 0.00000289. The fourth-order valence-electron chi connectivity index (χ4n) is 4.06. The van der Waals surface area contributed by atoms with Crippen LogP contribution in [0.1, 0.15) is 12.8 Å². The predicted molar refractivity (Wildman–Crippen MR) is 117 cm³/mol. The topological polar surface area (TPSA) is 143 Å². The molecule has 3 heterocycles. The van der Waals surface area contributed by atoms with Crippen LogP contribution < -0.4 is 10.4 Å². The minimum atomic E-state index is -3.98. The second-order valence-electron chi connectivity index (χ2n) is 7.59. The molecule has 1 amide bonds. The number of aryl methyl sites for hydroxylation is 1. The first-order chi connectivity index (χ1) is 14.9. The monoisotopic (exact) mass is 487 g/mol.